The summed E-state index contributed by atoms with van der Waals surface area (Å²) in [5.74, 6) is -2.24. The van der Waals surface area contributed by atoms with Crippen molar-refractivity contribution in [2.24, 2.45) is 0 Å². The molecule has 0 spiro atoms. The molecule has 0 aromatic heterocycles. The lowest BCUT2D eigenvalue weighted by atomic mass is 10.2. The van der Waals surface area contributed by atoms with Gasteiger partial charge in [-0.2, -0.15) is 0 Å². The van der Waals surface area contributed by atoms with Crippen LogP contribution in [-0.4, -0.2) is 24.8 Å². The summed E-state index contributed by atoms with van der Waals surface area (Å²) in [5.41, 5.74) is 0.333. The summed E-state index contributed by atoms with van der Waals surface area (Å²) in [5, 5.41) is 2.86. The van der Waals surface area contributed by atoms with E-state index in [2.05, 4.69) is 37.2 Å². The molecule has 1 aliphatic heterocycles. The number of nitrogens with one attached hydrogen (secondary N) is 1. The fourth-order valence-corrected chi connectivity index (χ4v) is 3.07. The molecule has 8 heteroatoms. The van der Waals surface area contributed by atoms with E-state index in [0.29, 0.717) is 15.9 Å². The number of rotatable bonds is 3. The van der Waals surface area contributed by atoms with Gasteiger partial charge in [-0.15, -0.1) is 0 Å². The first-order chi connectivity index (χ1) is 10.2. The molecule has 1 aromatic carbocycles. The normalized spacial score (nSPS) is 16.7. The number of hydrogen-bond acceptors (Lipinski definition) is 6. The Morgan fingerprint density at radius 2 is 1.77 bits per heavy atom. The Labute approximate surface area is 144 Å². The fourth-order valence-electron chi connectivity index (χ4n) is 1.77. The van der Waals surface area contributed by atoms with E-state index in [1.165, 1.54) is 27.2 Å². The predicted octanol–water partition coefficient (Wildman–Crippen LogP) is 3.35. The van der Waals surface area contributed by atoms with Gasteiger partial charge in [0, 0.05) is 29.0 Å². The van der Waals surface area contributed by atoms with Crippen LogP contribution in [0.2, 0.25) is 0 Å². The molecular formula is C14H13Br2NO5. The second-order valence-corrected chi connectivity index (χ2v) is 6.62. The number of ether oxygens (including phenoxy) is 3. The molecule has 22 heavy (non-hydrogen) atoms. The van der Waals surface area contributed by atoms with Gasteiger partial charge < -0.3 is 19.5 Å². The molecule has 0 aliphatic carbocycles. The van der Waals surface area contributed by atoms with Gasteiger partial charge in [0.25, 0.3) is 5.79 Å². The Kier molecular flexibility index (Phi) is 4.81. The molecule has 1 saturated heterocycles. The molecule has 0 unspecified atom stereocenters. The lowest BCUT2D eigenvalue weighted by Crippen LogP contribution is -2.42. The number of hydrogen-bond donors (Lipinski definition) is 1. The number of methoxy groups -OCH3 is 1. The van der Waals surface area contributed by atoms with Gasteiger partial charge in [-0.05, 0) is 28.1 Å². The van der Waals surface area contributed by atoms with Crippen molar-refractivity contribution < 1.29 is 23.8 Å². The SMILES string of the molecule is COc1cc(Br)cc(Br)c1NC=C1C(=O)OC(C)(C)OC1=O. The average Bonchev–Trinajstić information content (AvgIpc) is 2.37. The minimum atomic E-state index is -1.26. The molecule has 1 aliphatic rings. The van der Waals surface area contributed by atoms with Crippen molar-refractivity contribution in [3.8, 4) is 5.75 Å². The number of esters is 2. The van der Waals surface area contributed by atoms with E-state index in [1.54, 1.807) is 12.1 Å². The minimum Gasteiger partial charge on any atom is -0.494 e. The number of cyclic esters (lactones) is 2. The Morgan fingerprint density at radius 1 is 1.18 bits per heavy atom. The van der Waals surface area contributed by atoms with Crippen LogP contribution in [0.15, 0.2) is 32.9 Å². The van der Waals surface area contributed by atoms with Crippen LogP contribution in [0.1, 0.15) is 13.8 Å². The van der Waals surface area contributed by atoms with Crippen LogP contribution in [0.4, 0.5) is 5.69 Å². The summed E-state index contributed by atoms with van der Waals surface area (Å²) in [7, 11) is 1.51. The summed E-state index contributed by atoms with van der Waals surface area (Å²) in [6.07, 6.45) is 1.23. The fraction of sp³-hybridized carbons (Fsp3) is 0.286. The van der Waals surface area contributed by atoms with Crippen LogP contribution in [0.3, 0.4) is 0 Å². The molecule has 1 fully saturated rings. The van der Waals surface area contributed by atoms with Gasteiger partial charge in [-0.25, -0.2) is 9.59 Å². The van der Waals surface area contributed by atoms with Crippen LogP contribution in [0.25, 0.3) is 0 Å². The molecule has 1 N–H and O–H groups in total. The molecule has 1 aromatic rings. The van der Waals surface area contributed by atoms with Crippen LogP contribution >= 0.6 is 31.9 Å². The van der Waals surface area contributed by atoms with Crippen molar-refractivity contribution in [2.45, 2.75) is 19.6 Å². The molecular weight excluding hydrogens is 422 g/mol. The highest BCUT2D eigenvalue weighted by Gasteiger charge is 2.39. The highest BCUT2D eigenvalue weighted by atomic mass is 79.9. The van der Waals surface area contributed by atoms with Crippen LogP contribution in [0.5, 0.6) is 5.75 Å². The maximum atomic E-state index is 11.9. The zero-order valence-electron chi connectivity index (χ0n) is 12.0. The molecule has 1 heterocycles. The Morgan fingerprint density at radius 3 is 2.32 bits per heavy atom. The van der Waals surface area contributed by atoms with E-state index in [1.807, 2.05) is 0 Å². The summed E-state index contributed by atoms with van der Waals surface area (Å²) >= 11 is 6.72. The molecule has 118 valence electrons. The van der Waals surface area contributed by atoms with Gasteiger partial charge in [-0.1, -0.05) is 15.9 Å². The quantitative estimate of drug-likeness (QED) is 0.446. The first-order valence-corrected chi connectivity index (χ1v) is 7.78. The maximum absolute atomic E-state index is 11.9. The van der Waals surface area contributed by atoms with Crippen molar-refractivity contribution in [1.29, 1.82) is 0 Å². The standard InChI is InChI=1S/C14H13Br2NO5/c1-14(2)21-12(18)8(13(19)22-14)6-17-11-9(16)4-7(15)5-10(11)20-3/h4-6,17H,1-3H3. The molecule has 0 saturated carbocycles. The molecule has 0 bridgehead atoms. The van der Waals surface area contributed by atoms with Gasteiger partial charge in [-0.3, -0.25) is 0 Å². The number of carbonyl (C=O) groups excluding carboxylic acids is 2. The Balaban J connectivity index is 2.29. The summed E-state index contributed by atoms with van der Waals surface area (Å²) in [6, 6.07) is 3.54. The molecule has 2 rings (SSSR count). The minimum absolute atomic E-state index is 0.226. The highest BCUT2D eigenvalue weighted by molar-refractivity contribution is 9.11. The summed E-state index contributed by atoms with van der Waals surface area (Å²) < 4.78 is 16.8. The Hall–Kier alpha value is -1.54. The van der Waals surface area contributed by atoms with Crippen molar-refractivity contribution in [1.82, 2.24) is 0 Å². The van der Waals surface area contributed by atoms with Crippen molar-refractivity contribution in [2.75, 3.05) is 12.4 Å². The predicted molar refractivity (Wildman–Crippen MR) is 86.4 cm³/mol. The lowest BCUT2D eigenvalue weighted by molar-refractivity contribution is -0.222. The second-order valence-electron chi connectivity index (χ2n) is 4.85. The highest BCUT2D eigenvalue weighted by Crippen LogP contribution is 2.36. The number of anilines is 1. The number of benzene rings is 1. The van der Waals surface area contributed by atoms with Crippen molar-refractivity contribution in [3.05, 3.63) is 32.9 Å². The van der Waals surface area contributed by atoms with Gasteiger partial charge in [0.05, 0.1) is 12.8 Å². The van der Waals surface area contributed by atoms with Crippen LogP contribution < -0.4 is 10.1 Å². The van der Waals surface area contributed by atoms with Gasteiger partial charge in [0.15, 0.2) is 5.57 Å². The van der Waals surface area contributed by atoms with E-state index < -0.39 is 17.7 Å². The number of carbonyl (C=O) groups is 2. The lowest BCUT2D eigenvalue weighted by Gasteiger charge is -2.29. The third-order valence-corrected chi connectivity index (χ3v) is 3.80. The van der Waals surface area contributed by atoms with Gasteiger partial charge in [0.2, 0.25) is 0 Å². The molecule has 0 amide bonds. The third-order valence-electron chi connectivity index (χ3n) is 2.72. The Bertz CT molecular complexity index is 647. The zero-order valence-corrected chi connectivity index (χ0v) is 15.2. The maximum Gasteiger partial charge on any atom is 0.350 e. The summed E-state index contributed by atoms with van der Waals surface area (Å²) in [6.45, 7) is 2.97. The monoisotopic (exact) mass is 433 g/mol. The van der Waals surface area contributed by atoms with Crippen molar-refractivity contribution in [3.63, 3.8) is 0 Å². The first kappa shape index (κ1) is 16.8. The van der Waals surface area contributed by atoms with Crippen LogP contribution in [-0.2, 0) is 19.1 Å². The molecule has 6 nitrogen and oxygen atoms in total. The largest absolute Gasteiger partial charge is 0.494 e. The topological polar surface area (TPSA) is 73.9 Å². The van der Waals surface area contributed by atoms with E-state index in [9.17, 15) is 9.59 Å². The zero-order chi connectivity index (χ0) is 16.5. The molecule has 0 radical (unpaired) electrons. The average molecular weight is 435 g/mol. The van der Waals surface area contributed by atoms with Gasteiger partial charge >= 0.3 is 11.9 Å². The summed E-state index contributed by atoms with van der Waals surface area (Å²) in [4.78, 5) is 23.7. The van der Waals surface area contributed by atoms with E-state index in [-0.39, 0.29) is 5.57 Å². The van der Waals surface area contributed by atoms with Crippen LogP contribution in [0, 0.1) is 0 Å². The smallest absolute Gasteiger partial charge is 0.350 e. The van der Waals surface area contributed by atoms with Gasteiger partial charge in [0.1, 0.15) is 5.75 Å². The first-order valence-electron chi connectivity index (χ1n) is 6.20. The molecule has 0 atom stereocenters. The number of halogens is 2. The van der Waals surface area contributed by atoms with E-state index in [4.69, 9.17) is 14.2 Å². The van der Waals surface area contributed by atoms with E-state index in [0.717, 1.165) is 4.47 Å². The van der Waals surface area contributed by atoms with Crippen molar-refractivity contribution >= 4 is 49.5 Å². The second kappa shape index (κ2) is 6.29. The third kappa shape index (κ3) is 3.61. The van der Waals surface area contributed by atoms with E-state index >= 15 is 0 Å².